The van der Waals surface area contributed by atoms with Crippen LogP contribution in [-0.4, -0.2) is 123 Å². The molecule has 0 aromatic carbocycles. The number of carboxylic acids is 2. The first-order valence-electron chi connectivity index (χ1n) is 16.5. The maximum Gasteiger partial charge on any atom is 0.326 e. The number of carbonyl (C=O) groups excluding carboxylic acids is 3. The van der Waals surface area contributed by atoms with Gasteiger partial charge in [-0.2, -0.15) is 0 Å². The summed E-state index contributed by atoms with van der Waals surface area (Å²) in [5.41, 5.74) is 0. The first-order valence-corrected chi connectivity index (χ1v) is 16.5. The molecule has 15 nitrogen and oxygen atoms in total. The lowest BCUT2D eigenvalue weighted by Gasteiger charge is -2.14. The van der Waals surface area contributed by atoms with Crippen molar-refractivity contribution in [3.8, 4) is 0 Å². The van der Waals surface area contributed by atoms with Gasteiger partial charge in [0.25, 0.3) is 0 Å². The number of aliphatic hydroxyl groups is 1. The Hall–Kier alpha value is -2.92. The lowest BCUT2D eigenvalue weighted by atomic mass is 10.0. The molecule has 3 amide bonds. The minimum atomic E-state index is -2.02. The van der Waals surface area contributed by atoms with E-state index in [2.05, 4.69) is 16.0 Å². The van der Waals surface area contributed by atoms with Crippen LogP contribution in [0.5, 0.6) is 0 Å². The van der Waals surface area contributed by atoms with Gasteiger partial charge in [0, 0.05) is 32.4 Å². The van der Waals surface area contributed by atoms with Crippen LogP contribution in [0.4, 0.5) is 4.39 Å². The van der Waals surface area contributed by atoms with Gasteiger partial charge in [-0.3, -0.25) is 19.2 Å². The number of amides is 3. The number of carbonyl (C=O) groups is 5. The van der Waals surface area contributed by atoms with Gasteiger partial charge in [0.1, 0.15) is 19.3 Å². The zero-order valence-corrected chi connectivity index (χ0v) is 27.5. The fraction of sp³-hybridized carbons (Fsp3) is 0.839. The Morgan fingerprint density at radius 1 is 0.574 bits per heavy atom. The highest BCUT2D eigenvalue weighted by Crippen LogP contribution is 2.12. The van der Waals surface area contributed by atoms with Gasteiger partial charge in [-0.05, 0) is 19.3 Å². The first kappa shape index (κ1) is 44.1. The van der Waals surface area contributed by atoms with Crippen molar-refractivity contribution in [2.75, 3.05) is 65.9 Å². The van der Waals surface area contributed by atoms with Gasteiger partial charge < -0.3 is 50.2 Å². The molecule has 0 heterocycles. The van der Waals surface area contributed by atoms with Crippen molar-refractivity contribution in [1.29, 1.82) is 0 Å². The summed E-state index contributed by atoms with van der Waals surface area (Å²) in [5.74, 6) is -2.99. The summed E-state index contributed by atoms with van der Waals surface area (Å²) in [6.45, 7) is 0.986. The highest BCUT2D eigenvalue weighted by atomic mass is 19.1. The van der Waals surface area contributed by atoms with Gasteiger partial charge in [-0.1, -0.05) is 51.4 Å². The van der Waals surface area contributed by atoms with Crippen LogP contribution < -0.4 is 16.0 Å². The monoisotopic (exact) mass is 681 g/mol. The van der Waals surface area contributed by atoms with E-state index >= 15 is 0 Å². The van der Waals surface area contributed by atoms with E-state index < -0.39 is 30.9 Å². The van der Waals surface area contributed by atoms with Crippen LogP contribution in [0.1, 0.15) is 89.9 Å². The number of aliphatic carboxylic acids is 2. The standard InChI is InChI=1S/C31H56FN3O12/c32-26(36)23-46-21-19-45-18-16-34-29(39)24-47-22-20-44-17-15-33-27(37)14-13-25(31(42)43)35-28(38)11-9-7-5-3-1-2-4-6-8-10-12-30(40)41/h25-26,36H,1-24H2,(H,33,37)(H,34,39)(H,35,38)(H,40,41)(H,42,43). The Balaban J connectivity index is 3.69. The predicted octanol–water partition coefficient (Wildman–Crippen LogP) is 1.69. The molecule has 0 aliphatic rings. The van der Waals surface area contributed by atoms with Crippen molar-refractivity contribution < 1.29 is 62.6 Å². The summed E-state index contributed by atoms with van der Waals surface area (Å²) in [4.78, 5) is 57.9. The van der Waals surface area contributed by atoms with Crippen LogP contribution in [0, 0.1) is 0 Å². The van der Waals surface area contributed by atoms with Gasteiger partial charge in [0.05, 0.1) is 39.6 Å². The largest absolute Gasteiger partial charge is 0.481 e. The van der Waals surface area contributed by atoms with Crippen molar-refractivity contribution in [3.05, 3.63) is 0 Å². The molecule has 0 rings (SSSR count). The summed E-state index contributed by atoms with van der Waals surface area (Å²) in [5, 5.41) is 34.1. The number of hydrogen-bond donors (Lipinski definition) is 6. The van der Waals surface area contributed by atoms with Crippen molar-refractivity contribution >= 4 is 29.7 Å². The third-order valence-corrected chi connectivity index (χ3v) is 6.71. The number of alkyl halides is 1. The van der Waals surface area contributed by atoms with E-state index in [0.717, 1.165) is 57.8 Å². The minimum Gasteiger partial charge on any atom is -0.481 e. The Morgan fingerprint density at radius 3 is 1.60 bits per heavy atom. The second-order valence-corrected chi connectivity index (χ2v) is 10.9. The summed E-state index contributed by atoms with van der Waals surface area (Å²) in [6.07, 6.45) is 7.98. The predicted molar refractivity (Wildman–Crippen MR) is 168 cm³/mol. The average Bonchev–Trinajstić information content (AvgIpc) is 3.01. The van der Waals surface area contributed by atoms with Crippen molar-refractivity contribution in [2.24, 2.45) is 0 Å². The Bertz CT molecular complexity index is 851. The van der Waals surface area contributed by atoms with Crippen molar-refractivity contribution in [2.45, 2.75) is 102 Å². The third-order valence-electron chi connectivity index (χ3n) is 6.71. The SMILES string of the molecule is O=C(O)CCCCCCCCCCCCC(=O)NC(CCC(=O)NCCOCCOCC(=O)NCCOCCOCC(O)F)C(=O)O. The number of aliphatic hydroxyl groups excluding tert-OH is 1. The van der Waals surface area contributed by atoms with E-state index in [1.54, 1.807) is 0 Å². The van der Waals surface area contributed by atoms with Gasteiger partial charge in [0.15, 0.2) is 0 Å². The second kappa shape index (κ2) is 31.7. The zero-order valence-electron chi connectivity index (χ0n) is 27.5. The van der Waals surface area contributed by atoms with Crippen LogP contribution in [0.3, 0.4) is 0 Å². The second-order valence-electron chi connectivity index (χ2n) is 10.9. The van der Waals surface area contributed by atoms with Crippen molar-refractivity contribution in [1.82, 2.24) is 16.0 Å². The maximum atomic E-state index is 12.2. The lowest BCUT2D eigenvalue weighted by Crippen LogP contribution is -2.41. The van der Waals surface area contributed by atoms with Crippen molar-refractivity contribution in [3.63, 3.8) is 0 Å². The van der Waals surface area contributed by atoms with Gasteiger partial charge in [0.2, 0.25) is 24.1 Å². The van der Waals surface area contributed by atoms with Crippen LogP contribution in [0.15, 0.2) is 0 Å². The van der Waals surface area contributed by atoms with E-state index in [0.29, 0.717) is 6.42 Å². The van der Waals surface area contributed by atoms with Crippen LogP contribution in [0.25, 0.3) is 0 Å². The summed E-state index contributed by atoms with van der Waals surface area (Å²) >= 11 is 0. The lowest BCUT2D eigenvalue weighted by molar-refractivity contribution is -0.142. The highest BCUT2D eigenvalue weighted by molar-refractivity contribution is 5.84. The fourth-order valence-corrected chi connectivity index (χ4v) is 4.23. The molecule has 0 spiro atoms. The number of unbranched alkanes of at least 4 members (excludes halogenated alkanes) is 9. The topological polar surface area (TPSA) is 219 Å². The molecule has 6 N–H and O–H groups in total. The summed E-state index contributed by atoms with van der Waals surface area (Å²) in [6, 6.07) is -1.15. The molecule has 0 aromatic rings. The van der Waals surface area contributed by atoms with Gasteiger partial charge >= 0.3 is 11.9 Å². The van der Waals surface area contributed by atoms with Crippen LogP contribution >= 0.6 is 0 Å². The average molecular weight is 682 g/mol. The summed E-state index contributed by atoms with van der Waals surface area (Å²) in [7, 11) is 0. The van der Waals surface area contributed by atoms with Gasteiger partial charge in [-0.15, -0.1) is 0 Å². The third kappa shape index (κ3) is 32.8. The number of ether oxygens (including phenoxy) is 4. The molecular formula is C31H56FN3O12. The maximum absolute atomic E-state index is 12.2. The van der Waals surface area contributed by atoms with Crippen LogP contribution in [0.2, 0.25) is 0 Å². The number of rotatable bonds is 34. The molecule has 274 valence electrons. The quantitative estimate of drug-likeness (QED) is 0.0535. The van der Waals surface area contributed by atoms with Gasteiger partial charge in [-0.25, -0.2) is 9.18 Å². The van der Waals surface area contributed by atoms with E-state index in [1.807, 2.05) is 0 Å². The number of halogens is 1. The molecule has 47 heavy (non-hydrogen) atoms. The van der Waals surface area contributed by atoms with Crippen LogP contribution in [-0.2, 0) is 42.9 Å². The molecule has 0 saturated carbocycles. The zero-order chi connectivity index (χ0) is 35.0. The highest BCUT2D eigenvalue weighted by Gasteiger charge is 2.20. The van der Waals surface area contributed by atoms with E-state index in [1.165, 1.54) is 0 Å². The molecule has 2 atom stereocenters. The van der Waals surface area contributed by atoms with E-state index in [-0.39, 0.29) is 103 Å². The molecule has 0 radical (unpaired) electrons. The Kier molecular flexibility index (Phi) is 29.7. The number of nitrogens with one attached hydrogen (secondary N) is 3. The Morgan fingerprint density at radius 2 is 1.06 bits per heavy atom. The molecular weight excluding hydrogens is 625 g/mol. The molecule has 0 bridgehead atoms. The molecule has 0 saturated heterocycles. The molecule has 16 heteroatoms. The first-order chi connectivity index (χ1) is 22.6. The van der Waals surface area contributed by atoms with E-state index in [9.17, 15) is 33.5 Å². The minimum absolute atomic E-state index is 0.0357. The molecule has 2 unspecified atom stereocenters. The smallest absolute Gasteiger partial charge is 0.326 e. The normalized spacial score (nSPS) is 12.3. The molecule has 0 fully saturated rings. The molecule has 0 aliphatic carbocycles. The molecule has 0 aromatic heterocycles. The number of hydrogen-bond acceptors (Lipinski definition) is 10. The summed E-state index contributed by atoms with van der Waals surface area (Å²) < 4.78 is 32.6. The molecule has 0 aliphatic heterocycles. The fourth-order valence-electron chi connectivity index (χ4n) is 4.23. The van der Waals surface area contributed by atoms with E-state index in [4.69, 9.17) is 29.2 Å². The Labute approximate surface area is 276 Å². The number of carboxylic acid groups (broad SMARTS) is 2.